The lowest BCUT2D eigenvalue weighted by Gasteiger charge is -2.24. The standard InChI is InChI=1S/C15H26N2S/c1-13(9-10-18-4)17(3)12-15-7-5-14(6-8-15)11-16-2/h5-8,13,16H,9-12H2,1-4H3. The minimum atomic E-state index is 0.648. The molecule has 0 bridgehead atoms. The van der Waals surface area contributed by atoms with Crippen molar-refractivity contribution in [2.24, 2.45) is 0 Å². The van der Waals surface area contributed by atoms with Crippen LogP contribution in [0.5, 0.6) is 0 Å². The second kappa shape index (κ2) is 8.57. The van der Waals surface area contributed by atoms with Gasteiger partial charge in [-0.1, -0.05) is 24.3 Å². The van der Waals surface area contributed by atoms with Crippen molar-refractivity contribution < 1.29 is 0 Å². The highest BCUT2D eigenvalue weighted by Crippen LogP contribution is 2.11. The van der Waals surface area contributed by atoms with Gasteiger partial charge in [0.15, 0.2) is 0 Å². The molecule has 0 saturated carbocycles. The molecule has 1 rings (SSSR count). The van der Waals surface area contributed by atoms with E-state index in [4.69, 9.17) is 0 Å². The molecule has 0 aromatic heterocycles. The van der Waals surface area contributed by atoms with Gasteiger partial charge < -0.3 is 5.32 Å². The topological polar surface area (TPSA) is 15.3 Å². The summed E-state index contributed by atoms with van der Waals surface area (Å²) in [6.07, 6.45) is 3.43. The Kier molecular flexibility index (Phi) is 7.40. The molecule has 0 aliphatic heterocycles. The van der Waals surface area contributed by atoms with Crippen molar-refractivity contribution in [1.29, 1.82) is 0 Å². The quantitative estimate of drug-likeness (QED) is 0.779. The van der Waals surface area contributed by atoms with Gasteiger partial charge in [0.1, 0.15) is 0 Å². The van der Waals surface area contributed by atoms with Gasteiger partial charge in [0.25, 0.3) is 0 Å². The molecular formula is C15H26N2S. The highest BCUT2D eigenvalue weighted by atomic mass is 32.2. The van der Waals surface area contributed by atoms with Crippen LogP contribution in [0.3, 0.4) is 0 Å². The van der Waals surface area contributed by atoms with Crippen LogP contribution in [0, 0.1) is 0 Å². The molecule has 0 aliphatic carbocycles. The van der Waals surface area contributed by atoms with Gasteiger partial charge in [-0.2, -0.15) is 11.8 Å². The smallest absolute Gasteiger partial charge is 0.0233 e. The molecule has 0 amide bonds. The Morgan fingerprint density at radius 3 is 2.39 bits per heavy atom. The van der Waals surface area contributed by atoms with Gasteiger partial charge in [-0.25, -0.2) is 0 Å². The molecule has 1 N–H and O–H groups in total. The number of thioether (sulfide) groups is 1. The van der Waals surface area contributed by atoms with E-state index in [-0.39, 0.29) is 0 Å². The number of hydrogen-bond donors (Lipinski definition) is 1. The molecule has 102 valence electrons. The molecular weight excluding hydrogens is 240 g/mol. The fourth-order valence-corrected chi connectivity index (χ4v) is 2.50. The first-order chi connectivity index (χ1) is 8.67. The minimum absolute atomic E-state index is 0.648. The normalized spacial score (nSPS) is 12.9. The van der Waals surface area contributed by atoms with E-state index < -0.39 is 0 Å². The van der Waals surface area contributed by atoms with Crippen molar-refractivity contribution in [3.63, 3.8) is 0 Å². The third kappa shape index (κ3) is 5.42. The molecule has 18 heavy (non-hydrogen) atoms. The highest BCUT2D eigenvalue weighted by Gasteiger charge is 2.08. The lowest BCUT2D eigenvalue weighted by Crippen LogP contribution is -2.29. The Morgan fingerprint density at radius 2 is 1.83 bits per heavy atom. The average Bonchev–Trinajstić information content (AvgIpc) is 2.38. The Bertz CT molecular complexity index is 324. The van der Waals surface area contributed by atoms with E-state index in [9.17, 15) is 0 Å². The summed E-state index contributed by atoms with van der Waals surface area (Å²) in [5, 5.41) is 3.17. The number of rotatable bonds is 8. The maximum Gasteiger partial charge on any atom is 0.0233 e. The number of nitrogens with zero attached hydrogens (tertiary/aromatic N) is 1. The molecule has 1 unspecified atom stereocenters. The Hall–Kier alpha value is -0.510. The monoisotopic (exact) mass is 266 g/mol. The van der Waals surface area contributed by atoms with Crippen LogP contribution in [0.15, 0.2) is 24.3 Å². The average molecular weight is 266 g/mol. The number of benzene rings is 1. The van der Waals surface area contributed by atoms with Gasteiger partial charge in [-0.3, -0.25) is 4.90 Å². The van der Waals surface area contributed by atoms with E-state index in [0.717, 1.165) is 13.1 Å². The summed E-state index contributed by atoms with van der Waals surface area (Å²) in [7, 11) is 4.20. The van der Waals surface area contributed by atoms with Crippen molar-refractivity contribution in [2.75, 3.05) is 26.1 Å². The zero-order valence-corrected chi connectivity index (χ0v) is 12.9. The molecule has 2 nitrogen and oxygen atoms in total. The Morgan fingerprint density at radius 1 is 1.22 bits per heavy atom. The van der Waals surface area contributed by atoms with Crippen molar-refractivity contribution in [3.8, 4) is 0 Å². The molecule has 0 aliphatic rings. The van der Waals surface area contributed by atoms with Gasteiger partial charge in [0.2, 0.25) is 0 Å². The first kappa shape index (κ1) is 15.5. The summed E-state index contributed by atoms with van der Waals surface area (Å²) in [5.41, 5.74) is 2.74. The van der Waals surface area contributed by atoms with E-state index in [1.165, 1.54) is 23.3 Å². The fourth-order valence-electron chi connectivity index (χ4n) is 1.92. The summed E-state index contributed by atoms with van der Waals surface area (Å²) < 4.78 is 0. The largest absolute Gasteiger partial charge is 0.316 e. The van der Waals surface area contributed by atoms with Crippen LogP contribution in [0.25, 0.3) is 0 Å². The van der Waals surface area contributed by atoms with Gasteiger partial charge in [0.05, 0.1) is 0 Å². The highest BCUT2D eigenvalue weighted by molar-refractivity contribution is 7.98. The number of hydrogen-bond acceptors (Lipinski definition) is 3. The molecule has 0 saturated heterocycles. The van der Waals surface area contributed by atoms with Gasteiger partial charge in [-0.15, -0.1) is 0 Å². The van der Waals surface area contributed by atoms with E-state index in [1.54, 1.807) is 0 Å². The van der Waals surface area contributed by atoms with Crippen LogP contribution in [-0.4, -0.2) is 37.0 Å². The van der Waals surface area contributed by atoms with Gasteiger partial charge >= 0.3 is 0 Å². The Labute approximate surface area is 116 Å². The fraction of sp³-hybridized carbons (Fsp3) is 0.600. The maximum atomic E-state index is 3.17. The predicted molar refractivity (Wildman–Crippen MR) is 83.1 cm³/mol. The summed E-state index contributed by atoms with van der Waals surface area (Å²) >= 11 is 1.93. The molecule has 1 aromatic carbocycles. The first-order valence-electron chi connectivity index (χ1n) is 6.59. The molecule has 0 fully saturated rings. The lowest BCUT2D eigenvalue weighted by atomic mass is 10.1. The summed E-state index contributed by atoms with van der Waals surface area (Å²) in [4.78, 5) is 2.43. The van der Waals surface area contributed by atoms with Crippen LogP contribution in [0.2, 0.25) is 0 Å². The summed E-state index contributed by atoms with van der Waals surface area (Å²) in [6, 6.07) is 9.56. The number of nitrogens with one attached hydrogen (secondary N) is 1. The van der Waals surface area contributed by atoms with E-state index in [1.807, 2.05) is 18.8 Å². The first-order valence-corrected chi connectivity index (χ1v) is 7.98. The zero-order valence-electron chi connectivity index (χ0n) is 12.1. The molecule has 1 atom stereocenters. The van der Waals surface area contributed by atoms with Crippen LogP contribution in [0.4, 0.5) is 0 Å². The van der Waals surface area contributed by atoms with E-state index in [2.05, 4.69) is 54.7 Å². The van der Waals surface area contributed by atoms with Gasteiger partial charge in [0, 0.05) is 19.1 Å². The second-order valence-electron chi connectivity index (χ2n) is 4.89. The lowest BCUT2D eigenvalue weighted by molar-refractivity contribution is 0.245. The molecule has 0 heterocycles. The SMILES string of the molecule is CNCc1ccc(CN(C)C(C)CCSC)cc1. The minimum Gasteiger partial charge on any atom is -0.316 e. The summed E-state index contributed by atoms with van der Waals surface area (Å²) in [6.45, 7) is 4.29. The van der Waals surface area contributed by atoms with E-state index >= 15 is 0 Å². The molecule has 0 radical (unpaired) electrons. The molecule has 0 spiro atoms. The van der Waals surface area contributed by atoms with Crippen molar-refractivity contribution in [3.05, 3.63) is 35.4 Å². The Balaban J connectivity index is 2.45. The van der Waals surface area contributed by atoms with E-state index in [0.29, 0.717) is 6.04 Å². The third-order valence-electron chi connectivity index (χ3n) is 3.33. The van der Waals surface area contributed by atoms with Crippen molar-refractivity contribution in [1.82, 2.24) is 10.2 Å². The van der Waals surface area contributed by atoms with Crippen LogP contribution < -0.4 is 5.32 Å². The van der Waals surface area contributed by atoms with Crippen molar-refractivity contribution >= 4 is 11.8 Å². The zero-order chi connectivity index (χ0) is 13.4. The predicted octanol–water partition coefficient (Wildman–Crippen LogP) is 2.98. The van der Waals surface area contributed by atoms with Gasteiger partial charge in [-0.05, 0) is 50.6 Å². The molecule has 1 aromatic rings. The van der Waals surface area contributed by atoms with Crippen LogP contribution in [-0.2, 0) is 13.1 Å². The van der Waals surface area contributed by atoms with Crippen LogP contribution >= 0.6 is 11.8 Å². The third-order valence-corrected chi connectivity index (χ3v) is 3.97. The maximum absolute atomic E-state index is 3.17. The molecule has 3 heteroatoms. The van der Waals surface area contributed by atoms with Crippen molar-refractivity contribution in [2.45, 2.75) is 32.5 Å². The second-order valence-corrected chi connectivity index (χ2v) is 5.88. The summed E-state index contributed by atoms with van der Waals surface area (Å²) in [5.74, 6) is 1.24. The van der Waals surface area contributed by atoms with Crippen LogP contribution in [0.1, 0.15) is 24.5 Å².